The second-order valence-corrected chi connectivity index (χ2v) is 5.43. The fourth-order valence-corrected chi connectivity index (χ4v) is 2.45. The molecule has 0 atom stereocenters. The van der Waals surface area contributed by atoms with Crippen molar-refractivity contribution in [2.75, 3.05) is 0 Å². The Hall–Kier alpha value is -1.07. The Labute approximate surface area is 128 Å². The summed E-state index contributed by atoms with van der Waals surface area (Å²) < 4.78 is 0. The van der Waals surface area contributed by atoms with Crippen LogP contribution in [0, 0.1) is 0 Å². The van der Waals surface area contributed by atoms with Crippen LogP contribution in [0.4, 0.5) is 0 Å². The van der Waals surface area contributed by atoms with E-state index in [1.54, 1.807) is 0 Å². The molecule has 0 unspecified atom stereocenters. The summed E-state index contributed by atoms with van der Waals surface area (Å²) in [6.07, 6.45) is 11.8. The average molecular weight is 317 g/mol. The summed E-state index contributed by atoms with van der Waals surface area (Å²) in [6.45, 7) is 0. The van der Waals surface area contributed by atoms with Crippen molar-refractivity contribution in [3.63, 3.8) is 0 Å². The fraction of sp³-hybridized carbons (Fsp3) is 0.615. The lowest BCUT2D eigenvalue weighted by molar-refractivity contribution is 0.202. The van der Waals surface area contributed by atoms with Crippen LogP contribution in [0.2, 0.25) is 10.6 Å². The lowest BCUT2D eigenvalue weighted by atomic mass is 10.0. The standard InChI is InChI=1S/C13H18Cl2N4O/c14-11-16-12(15)18-13(17-11)20-19-10-8-6-4-2-1-3-5-7-9-10/h8,19H,1-7,9H2. The fourth-order valence-electron chi connectivity index (χ4n) is 2.10. The number of rotatable bonds is 3. The van der Waals surface area contributed by atoms with E-state index in [1.807, 2.05) is 0 Å². The predicted molar refractivity (Wildman–Crippen MR) is 78.6 cm³/mol. The monoisotopic (exact) mass is 316 g/mol. The molecule has 0 saturated heterocycles. The molecule has 1 aromatic rings. The molecule has 0 aromatic carbocycles. The summed E-state index contributed by atoms with van der Waals surface area (Å²) in [7, 11) is 0. The van der Waals surface area contributed by atoms with Crippen LogP contribution in [0.15, 0.2) is 11.8 Å². The quantitative estimate of drug-likeness (QED) is 0.851. The van der Waals surface area contributed by atoms with Crippen molar-refractivity contribution in [1.82, 2.24) is 20.4 Å². The van der Waals surface area contributed by atoms with Crippen molar-refractivity contribution < 1.29 is 4.84 Å². The van der Waals surface area contributed by atoms with Crippen LogP contribution >= 0.6 is 23.2 Å². The van der Waals surface area contributed by atoms with Gasteiger partial charge in [0.2, 0.25) is 10.6 Å². The Morgan fingerprint density at radius 1 is 0.900 bits per heavy atom. The van der Waals surface area contributed by atoms with Gasteiger partial charge in [-0.15, -0.1) is 0 Å². The van der Waals surface area contributed by atoms with Crippen molar-refractivity contribution in [3.05, 3.63) is 22.3 Å². The molecule has 7 heteroatoms. The van der Waals surface area contributed by atoms with Gasteiger partial charge >= 0.3 is 6.01 Å². The molecule has 0 amide bonds. The molecule has 5 nitrogen and oxygen atoms in total. The minimum absolute atomic E-state index is 0.0155. The second kappa shape index (κ2) is 8.27. The molecule has 0 spiro atoms. The van der Waals surface area contributed by atoms with Gasteiger partial charge in [0.25, 0.3) is 0 Å². The predicted octanol–water partition coefficient (Wildman–Crippen LogP) is 4.08. The zero-order valence-corrected chi connectivity index (χ0v) is 12.8. The molecule has 2 rings (SSSR count). The lowest BCUT2D eigenvalue weighted by Crippen LogP contribution is -2.20. The Morgan fingerprint density at radius 3 is 2.30 bits per heavy atom. The minimum Gasteiger partial charge on any atom is -0.340 e. The van der Waals surface area contributed by atoms with Crippen LogP contribution in [0.5, 0.6) is 6.01 Å². The molecule has 1 heterocycles. The number of hydroxylamine groups is 1. The van der Waals surface area contributed by atoms with Crippen LogP contribution in [0.3, 0.4) is 0 Å². The van der Waals surface area contributed by atoms with Crippen molar-refractivity contribution >= 4 is 23.2 Å². The molecule has 1 aromatic heterocycles. The highest BCUT2D eigenvalue weighted by Gasteiger charge is 2.06. The van der Waals surface area contributed by atoms with Gasteiger partial charge in [-0.25, -0.2) is 5.48 Å². The minimum atomic E-state index is 0.0155. The molecule has 0 saturated carbocycles. The van der Waals surface area contributed by atoms with Crippen LogP contribution in [0.1, 0.15) is 51.4 Å². The van der Waals surface area contributed by atoms with Gasteiger partial charge in [0.1, 0.15) is 0 Å². The van der Waals surface area contributed by atoms with Gasteiger partial charge in [-0.3, -0.25) is 0 Å². The number of nitrogens with zero attached hydrogens (tertiary/aromatic N) is 3. The summed E-state index contributed by atoms with van der Waals surface area (Å²) in [6, 6.07) is 0.0768. The van der Waals surface area contributed by atoms with Gasteiger partial charge in [-0.2, -0.15) is 15.0 Å². The first-order valence-corrected chi connectivity index (χ1v) is 7.68. The van der Waals surface area contributed by atoms with Gasteiger partial charge in [-0.1, -0.05) is 31.8 Å². The van der Waals surface area contributed by atoms with E-state index in [-0.39, 0.29) is 16.6 Å². The highest BCUT2D eigenvalue weighted by atomic mass is 35.5. The second-order valence-electron chi connectivity index (χ2n) is 4.75. The molecule has 1 aliphatic rings. The van der Waals surface area contributed by atoms with E-state index in [2.05, 4.69) is 26.5 Å². The normalized spacial score (nSPS) is 17.2. The summed E-state index contributed by atoms with van der Waals surface area (Å²) in [5.74, 6) is 0. The molecular weight excluding hydrogens is 299 g/mol. The number of allylic oxidation sites excluding steroid dienone is 2. The van der Waals surface area contributed by atoms with Crippen LogP contribution in [-0.4, -0.2) is 15.0 Å². The van der Waals surface area contributed by atoms with Crippen molar-refractivity contribution in [1.29, 1.82) is 0 Å². The SMILES string of the molecule is Clc1nc(Cl)nc(ONC2=CCCCCCCCC2)n1. The summed E-state index contributed by atoms with van der Waals surface area (Å²) in [5.41, 5.74) is 3.95. The molecule has 0 bridgehead atoms. The Bertz CT molecular complexity index is 447. The van der Waals surface area contributed by atoms with Crippen molar-refractivity contribution in [2.45, 2.75) is 51.4 Å². The first kappa shape index (κ1) is 15.3. The van der Waals surface area contributed by atoms with Crippen LogP contribution in [0.25, 0.3) is 0 Å². The number of hydrogen-bond donors (Lipinski definition) is 1. The van der Waals surface area contributed by atoms with Crippen molar-refractivity contribution in [3.8, 4) is 6.01 Å². The van der Waals surface area contributed by atoms with Gasteiger partial charge in [-0.05, 0) is 48.9 Å². The molecule has 1 aliphatic carbocycles. The first-order valence-electron chi connectivity index (χ1n) is 6.93. The zero-order chi connectivity index (χ0) is 14.2. The van der Waals surface area contributed by atoms with Gasteiger partial charge in [0, 0.05) is 5.70 Å². The topological polar surface area (TPSA) is 59.9 Å². The number of halogens is 2. The largest absolute Gasteiger partial charge is 0.348 e. The number of aromatic nitrogens is 3. The number of hydrogen-bond acceptors (Lipinski definition) is 5. The third-order valence-electron chi connectivity index (χ3n) is 3.12. The zero-order valence-electron chi connectivity index (χ0n) is 11.2. The first-order chi connectivity index (χ1) is 9.74. The number of nitrogens with one attached hydrogen (secondary N) is 1. The van der Waals surface area contributed by atoms with E-state index in [1.165, 1.54) is 32.1 Å². The van der Waals surface area contributed by atoms with Crippen molar-refractivity contribution in [2.24, 2.45) is 0 Å². The van der Waals surface area contributed by atoms with E-state index in [0.717, 1.165) is 25.0 Å². The van der Waals surface area contributed by atoms with Gasteiger partial charge in [0.15, 0.2) is 0 Å². The van der Waals surface area contributed by atoms with E-state index in [9.17, 15) is 0 Å². The van der Waals surface area contributed by atoms with Crippen LogP contribution < -0.4 is 10.3 Å². The van der Waals surface area contributed by atoms with Gasteiger partial charge < -0.3 is 4.84 Å². The maximum atomic E-state index is 5.69. The Kier molecular flexibility index (Phi) is 6.33. The molecule has 0 radical (unpaired) electrons. The average Bonchev–Trinajstić information content (AvgIpc) is 2.42. The maximum Gasteiger partial charge on any atom is 0.348 e. The summed E-state index contributed by atoms with van der Waals surface area (Å²) >= 11 is 11.4. The van der Waals surface area contributed by atoms with E-state index in [4.69, 9.17) is 28.0 Å². The third kappa shape index (κ3) is 5.51. The highest BCUT2D eigenvalue weighted by Crippen LogP contribution is 2.16. The van der Waals surface area contributed by atoms with E-state index in [0.29, 0.717) is 0 Å². The molecule has 110 valence electrons. The maximum absolute atomic E-state index is 5.69. The molecular formula is C13H18Cl2N4O. The third-order valence-corrected chi connectivity index (χ3v) is 3.46. The van der Waals surface area contributed by atoms with Crippen LogP contribution in [-0.2, 0) is 0 Å². The highest BCUT2D eigenvalue weighted by molar-refractivity contribution is 6.31. The molecule has 0 aliphatic heterocycles. The Balaban J connectivity index is 1.91. The molecule has 1 N–H and O–H groups in total. The smallest absolute Gasteiger partial charge is 0.340 e. The van der Waals surface area contributed by atoms with E-state index >= 15 is 0 Å². The molecule has 20 heavy (non-hydrogen) atoms. The van der Waals surface area contributed by atoms with Gasteiger partial charge in [0.05, 0.1) is 0 Å². The van der Waals surface area contributed by atoms with E-state index < -0.39 is 0 Å². The lowest BCUT2D eigenvalue weighted by Gasteiger charge is -2.12. The summed E-state index contributed by atoms with van der Waals surface area (Å²) in [4.78, 5) is 16.7. The Morgan fingerprint density at radius 2 is 1.55 bits per heavy atom. The summed E-state index contributed by atoms with van der Waals surface area (Å²) in [5, 5.41) is 0.0310. The molecule has 0 fully saturated rings.